The summed E-state index contributed by atoms with van der Waals surface area (Å²) in [6.07, 6.45) is 1.77. The lowest BCUT2D eigenvalue weighted by molar-refractivity contribution is -0.150. The number of sulfone groups is 1. The molecule has 1 atom stereocenters. The third kappa shape index (κ3) is 5.10. The van der Waals surface area contributed by atoms with Crippen LogP contribution in [0.1, 0.15) is 57.7 Å². The normalized spacial score (nSPS) is 19.4. The number of benzene rings is 1. The van der Waals surface area contributed by atoms with Crippen molar-refractivity contribution in [1.29, 1.82) is 0 Å². The molecule has 1 fully saturated rings. The maximum Gasteiger partial charge on any atom is 0.411 e. The molecule has 1 amide bonds. The minimum absolute atomic E-state index is 0.164. The third-order valence-corrected chi connectivity index (χ3v) is 6.87. The Labute approximate surface area is 172 Å². The zero-order chi connectivity index (χ0) is 21.4. The van der Waals surface area contributed by atoms with Gasteiger partial charge in [-0.3, -0.25) is 4.90 Å². The van der Waals surface area contributed by atoms with Gasteiger partial charge in [0.05, 0.1) is 17.3 Å². The number of amides is 1. The Hall–Kier alpha value is -2.09. The fourth-order valence-corrected chi connectivity index (χ4v) is 5.22. The van der Waals surface area contributed by atoms with E-state index < -0.39 is 33.5 Å². The zero-order valence-corrected chi connectivity index (χ0v) is 18.3. The topological polar surface area (TPSA) is 90.0 Å². The van der Waals surface area contributed by atoms with Crippen molar-refractivity contribution in [2.24, 2.45) is 5.92 Å². The summed E-state index contributed by atoms with van der Waals surface area (Å²) < 4.78 is 35.9. The van der Waals surface area contributed by atoms with Crippen LogP contribution in [0.15, 0.2) is 23.1 Å². The molecule has 3 rings (SSSR count). The van der Waals surface area contributed by atoms with Gasteiger partial charge in [0.25, 0.3) is 0 Å². The molecule has 0 aromatic heterocycles. The summed E-state index contributed by atoms with van der Waals surface area (Å²) in [5.74, 6) is -0.129. The van der Waals surface area contributed by atoms with Gasteiger partial charge >= 0.3 is 12.1 Å². The second-order valence-corrected chi connectivity index (χ2v) is 10.7. The number of fused-ring (bicyclic) bond motifs is 1. The lowest BCUT2D eigenvalue weighted by atomic mass is 9.93. The van der Waals surface area contributed by atoms with Gasteiger partial charge in [0.1, 0.15) is 5.60 Å². The average Bonchev–Trinajstić information content (AvgIpc) is 3.42. The van der Waals surface area contributed by atoms with Gasteiger partial charge in [0.15, 0.2) is 15.9 Å². The molecule has 1 saturated carbocycles. The van der Waals surface area contributed by atoms with Gasteiger partial charge < -0.3 is 9.47 Å². The van der Waals surface area contributed by atoms with Crippen LogP contribution in [0.5, 0.6) is 0 Å². The molecule has 1 aromatic rings. The van der Waals surface area contributed by atoms with Crippen molar-refractivity contribution < 1.29 is 27.5 Å². The number of carbonyl (C=O) groups is 2. The van der Waals surface area contributed by atoms with Crippen molar-refractivity contribution in [1.82, 2.24) is 4.90 Å². The Kier molecular flexibility index (Phi) is 5.94. The number of ether oxygens (including phenoxy) is 2. The molecular weight excluding hydrogens is 394 g/mol. The van der Waals surface area contributed by atoms with Crippen LogP contribution in [0.4, 0.5) is 4.79 Å². The number of hydrogen-bond acceptors (Lipinski definition) is 6. The predicted molar refractivity (Wildman–Crippen MR) is 107 cm³/mol. The van der Waals surface area contributed by atoms with Crippen LogP contribution in [-0.4, -0.2) is 49.9 Å². The molecule has 1 aliphatic heterocycles. The molecule has 0 bridgehead atoms. The van der Waals surface area contributed by atoms with Gasteiger partial charge in [-0.1, -0.05) is 6.07 Å². The summed E-state index contributed by atoms with van der Waals surface area (Å²) in [5, 5.41) is 0. The lowest BCUT2D eigenvalue weighted by Crippen LogP contribution is -2.46. The molecule has 8 heteroatoms. The van der Waals surface area contributed by atoms with E-state index in [0.29, 0.717) is 12.0 Å². The van der Waals surface area contributed by atoms with Crippen molar-refractivity contribution in [2.45, 2.75) is 63.5 Å². The maximum atomic E-state index is 12.7. The van der Waals surface area contributed by atoms with Crippen LogP contribution in [0.3, 0.4) is 0 Å². The summed E-state index contributed by atoms with van der Waals surface area (Å²) >= 11 is 0. The smallest absolute Gasteiger partial charge is 0.411 e. The Morgan fingerprint density at radius 2 is 1.90 bits per heavy atom. The fourth-order valence-electron chi connectivity index (χ4n) is 3.48. The first-order valence-corrected chi connectivity index (χ1v) is 11.7. The van der Waals surface area contributed by atoms with Crippen molar-refractivity contribution in [3.8, 4) is 0 Å². The zero-order valence-electron chi connectivity index (χ0n) is 17.4. The highest BCUT2D eigenvalue weighted by molar-refractivity contribution is 7.91. The van der Waals surface area contributed by atoms with Crippen LogP contribution in [0.2, 0.25) is 0 Å². The highest BCUT2D eigenvalue weighted by Crippen LogP contribution is 2.36. The monoisotopic (exact) mass is 423 g/mol. The molecule has 0 spiro atoms. The van der Waals surface area contributed by atoms with E-state index in [1.165, 1.54) is 11.0 Å². The van der Waals surface area contributed by atoms with E-state index in [1.807, 2.05) is 0 Å². The fraction of sp³-hybridized carbons (Fsp3) is 0.619. The Morgan fingerprint density at radius 3 is 2.48 bits per heavy atom. The van der Waals surface area contributed by atoms with Crippen LogP contribution in [-0.2, 0) is 30.5 Å². The van der Waals surface area contributed by atoms with Crippen molar-refractivity contribution >= 4 is 21.9 Å². The van der Waals surface area contributed by atoms with Gasteiger partial charge in [0, 0.05) is 6.54 Å². The largest absolute Gasteiger partial charge is 0.464 e. The average molecular weight is 424 g/mol. The first-order chi connectivity index (χ1) is 13.5. The molecular formula is C21H29NO6S. The highest BCUT2D eigenvalue weighted by Gasteiger charge is 2.39. The molecule has 1 unspecified atom stereocenters. The maximum absolute atomic E-state index is 12.7. The first-order valence-electron chi connectivity index (χ1n) is 10.0. The second-order valence-electron chi connectivity index (χ2n) is 8.66. The molecule has 1 aromatic carbocycles. The quantitative estimate of drug-likeness (QED) is 0.675. The number of carbonyl (C=O) groups excluding carboxylic acids is 2. The second kappa shape index (κ2) is 7.97. The molecule has 2 aliphatic rings. The third-order valence-electron chi connectivity index (χ3n) is 4.99. The molecule has 160 valence electrons. The van der Waals surface area contributed by atoms with E-state index in [-0.39, 0.29) is 29.7 Å². The molecule has 1 aliphatic carbocycles. The van der Waals surface area contributed by atoms with Crippen LogP contribution < -0.4 is 0 Å². The summed E-state index contributed by atoms with van der Waals surface area (Å²) in [6.45, 7) is 7.42. The number of nitrogens with zero attached hydrogens (tertiary/aromatic N) is 1. The highest BCUT2D eigenvalue weighted by atomic mass is 32.2. The predicted octanol–water partition coefficient (Wildman–Crippen LogP) is 3.27. The molecule has 1 heterocycles. The molecule has 29 heavy (non-hydrogen) atoms. The van der Waals surface area contributed by atoms with Gasteiger partial charge in [-0.15, -0.1) is 0 Å². The number of hydrogen-bond donors (Lipinski definition) is 0. The SMILES string of the molecule is CCOC(=O)C1c2ccc(S(=O)(=O)CC3CC3)cc2CCN1C(=O)OC(C)(C)C. The van der Waals surface area contributed by atoms with Crippen molar-refractivity contribution in [3.05, 3.63) is 29.3 Å². The lowest BCUT2D eigenvalue weighted by Gasteiger charge is -2.36. The molecule has 0 saturated heterocycles. The van der Waals surface area contributed by atoms with E-state index >= 15 is 0 Å². The van der Waals surface area contributed by atoms with Gasteiger partial charge in [-0.2, -0.15) is 0 Å². The van der Waals surface area contributed by atoms with E-state index in [2.05, 4.69) is 0 Å². The van der Waals surface area contributed by atoms with Gasteiger partial charge in [-0.25, -0.2) is 18.0 Å². The summed E-state index contributed by atoms with van der Waals surface area (Å²) in [6, 6.07) is 3.86. The first kappa shape index (κ1) is 21.6. The minimum atomic E-state index is -3.35. The summed E-state index contributed by atoms with van der Waals surface area (Å²) in [5.41, 5.74) is 0.641. The van der Waals surface area contributed by atoms with E-state index in [4.69, 9.17) is 9.47 Å². The standard InChI is InChI=1S/C21H29NO6S/c1-5-27-19(23)18-17-9-8-16(29(25,26)13-14-6-7-14)12-15(17)10-11-22(18)20(24)28-21(2,3)4/h8-9,12,14,18H,5-7,10-11,13H2,1-4H3. The summed E-state index contributed by atoms with van der Waals surface area (Å²) in [4.78, 5) is 27.0. The Balaban J connectivity index is 1.94. The van der Waals surface area contributed by atoms with Crippen molar-refractivity contribution in [3.63, 3.8) is 0 Å². The Morgan fingerprint density at radius 1 is 1.21 bits per heavy atom. The van der Waals surface area contributed by atoms with Crippen LogP contribution >= 0.6 is 0 Å². The number of esters is 1. The van der Waals surface area contributed by atoms with Gasteiger partial charge in [-0.05, 0) is 76.1 Å². The molecule has 0 N–H and O–H groups in total. The van der Waals surface area contributed by atoms with E-state index in [1.54, 1.807) is 39.8 Å². The van der Waals surface area contributed by atoms with Crippen LogP contribution in [0.25, 0.3) is 0 Å². The van der Waals surface area contributed by atoms with Gasteiger partial charge in [0.2, 0.25) is 0 Å². The van der Waals surface area contributed by atoms with Crippen molar-refractivity contribution in [2.75, 3.05) is 18.9 Å². The van der Waals surface area contributed by atoms with E-state index in [9.17, 15) is 18.0 Å². The number of rotatable bonds is 5. The minimum Gasteiger partial charge on any atom is -0.464 e. The molecule has 0 radical (unpaired) electrons. The summed E-state index contributed by atoms with van der Waals surface area (Å²) in [7, 11) is -3.35. The van der Waals surface area contributed by atoms with E-state index in [0.717, 1.165) is 18.4 Å². The Bertz CT molecular complexity index is 898. The molecule has 7 nitrogen and oxygen atoms in total. The van der Waals surface area contributed by atoms with Crippen LogP contribution in [0, 0.1) is 5.92 Å².